The minimum atomic E-state index is -0.123. The van der Waals surface area contributed by atoms with E-state index in [9.17, 15) is 10.1 Å². The van der Waals surface area contributed by atoms with Gasteiger partial charge in [-0.25, -0.2) is 0 Å². The molecule has 3 aromatic rings. The summed E-state index contributed by atoms with van der Waals surface area (Å²) in [5.74, 6) is 2.36. The molecule has 2 heterocycles. The lowest BCUT2D eigenvalue weighted by molar-refractivity contribution is -0.113. The number of hydrogen-bond donors (Lipinski definition) is 1. The third-order valence-electron chi connectivity index (χ3n) is 6.73. The SMILES string of the molecule is N#Cc1c2c(n(-c3ccccc3)c1NC(=O)CSc1nnc(C3CC3)n1C1CC1)CCCC2. The van der Waals surface area contributed by atoms with E-state index >= 15 is 0 Å². The Morgan fingerprint density at radius 2 is 1.91 bits per heavy atom. The number of fused-ring (bicyclic) bond motifs is 1. The molecule has 2 aromatic heterocycles. The third kappa shape index (κ3) is 3.84. The van der Waals surface area contributed by atoms with Crippen LogP contribution in [0.2, 0.25) is 0 Å². The lowest BCUT2D eigenvalue weighted by atomic mass is 9.95. The van der Waals surface area contributed by atoms with Crippen LogP contribution in [0.1, 0.15) is 73.1 Å². The third-order valence-corrected chi connectivity index (χ3v) is 7.68. The molecule has 1 aromatic carbocycles. The first-order valence-corrected chi connectivity index (χ1v) is 12.8. The summed E-state index contributed by atoms with van der Waals surface area (Å²) in [6.07, 6.45) is 8.67. The lowest BCUT2D eigenvalue weighted by Crippen LogP contribution is -2.18. The van der Waals surface area contributed by atoms with Crippen molar-refractivity contribution in [1.29, 1.82) is 5.26 Å². The van der Waals surface area contributed by atoms with Crippen molar-refractivity contribution < 1.29 is 4.79 Å². The van der Waals surface area contributed by atoms with Gasteiger partial charge in [0, 0.05) is 23.3 Å². The highest BCUT2D eigenvalue weighted by Crippen LogP contribution is 2.46. The van der Waals surface area contributed by atoms with Crippen molar-refractivity contribution >= 4 is 23.5 Å². The number of anilines is 1. The normalized spacial score (nSPS) is 17.4. The van der Waals surface area contributed by atoms with E-state index in [0.29, 0.717) is 23.3 Å². The second-order valence-corrected chi connectivity index (χ2v) is 10.1. The predicted molar refractivity (Wildman–Crippen MR) is 127 cm³/mol. The molecule has 168 valence electrons. The molecule has 0 spiro atoms. The molecule has 0 radical (unpaired) electrons. The number of aromatic nitrogens is 4. The van der Waals surface area contributed by atoms with Gasteiger partial charge < -0.3 is 9.88 Å². The highest BCUT2D eigenvalue weighted by molar-refractivity contribution is 7.99. The molecule has 1 N–H and O–H groups in total. The maximum absolute atomic E-state index is 13.1. The van der Waals surface area contributed by atoms with E-state index in [4.69, 9.17) is 0 Å². The number of amides is 1. The van der Waals surface area contributed by atoms with Crippen molar-refractivity contribution in [2.75, 3.05) is 11.1 Å². The average molecular weight is 459 g/mol. The molecule has 0 aliphatic heterocycles. The number of para-hydroxylation sites is 1. The fourth-order valence-electron chi connectivity index (χ4n) is 4.88. The molecule has 2 fully saturated rings. The van der Waals surface area contributed by atoms with Crippen molar-refractivity contribution in [1.82, 2.24) is 19.3 Å². The van der Waals surface area contributed by atoms with Gasteiger partial charge in [-0.15, -0.1) is 10.2 Å². The van der Waals surface area contributed by atoms with Crippen LogP contribution in [0, 0.1) is 11.3 Å². The summed E-state index contributed by atoms with van der Waals surface area (Å²) >= 11 is 1.44. The molecular weight excluding hydrogens is 432 g/mol. The van der Waals surface area contributed by atoms with Crippen molar-refractivity contribution in [2.24, 2.45) is 0 Å². The molecule has 33 heavy (non-hydrogen) atoms. The quantitative estimate of drug-likeness (QED) is 0.516. The zero-order valence-corrected chi connectivity index (χ0v) is 19.3. The molecule has 0 atom stereocenters. The molecule has 0 bridgehead atoms. The molecule has 8 heteroatoms. The molecule has 1 amide bonds. The van der Waals surface area contributed by atoms with Crippen LogP contribution < -0.4 is 5.32 Å². The Kier molecular flexibility index (Phi) is 5.22. The standard InChI is InChI=1S/C25H26N6OS/c26-14-20-19-8-4-5-9-21(19)30(17-6-2-1-3-7-17)24(20)27-22(32)15-33-25-29-28-23(16-10-11-16)31(25)18-12-13-18/h1-3,6-7,16,18H,4-5,8-13,15H2,(H,27,32). The fraction of sp³-hybridized carbons (Fsp3) is 0.440. The van der Waals surface area contributed by atoms with Crippen LogP contribution in [0.3, 0.4) is 0 Å². The predicted octanol–water partition coefficient (Wildman–Crippen LogP) is 4.76. The Balaban J connectivity index is 1.27. The Bertz CT molecular complexity index is 1250. The maximum atomic E-state index is 13.1. The van der Waals surface area contributed by atoms with Crippen LogP contribution in [0.5, 0.6) is 0 Å². The van der Waals surface area contributed by atoms with Gasteiger partial charge in [0.2, 0.25) is 5.91 Å². The van der Waals surface area contributed by atoms with Gasteiger partial charge >= 0.3 is 0 Å². The second-order valence-electron chi connectivity index (χ2n) is 9.19. The Hall–Kier alpha value is -3.05. The number of thioether (sulfide) groups is 1. The number of carbonyl (C=O) groups excluding carboxylic acids is 1. The average Bonchev–Trinajstić information content (AvgIpc) is 3.78. The monoisotopic (exact) mass is 458 g/mol. The lowest BCUT2D eigenvalue weighted by Gasteiger charge is -2.17. The first kappa shape index (κ1) is 20.5. The fourth-order valence-corrected chi connectivity index (χ4v) is 5.69. The molecule has 0 saturated heterocycles. The topological polar surface area (TPSA) is 88.5 Å². The maximum Gasteiger partial charge on any atom is 0.236 e. The Morgan fingerprint density at radius 3 is 2.64 bits per heavy atom. The van der Waals surface area contributed by atoms with Gasteiger partial charge in [0.1, 0.15) is 17.7 Å². The highest BCUT2D eigenvalue weighted by Gasteiger charge is 2.36. The van der Waals surface area contributed by atoms with Crippen molar-refractivity contribution in [3.63, 3.8) is 0 Å². The molecular formula is C25H26N6OS. The molecule has 3 aliphatic rings. The zero-order chi connectivity index (χ0) is 22.4. The van der Waals surface area contributed by atoms with Gasteiger partial charge in [-0.2, -0.15) is 5.26 Å². The molecule has 3 aliphatic carbocycles. The van der Waals surface area contributed by atoms with E-state index in [1.807, 2.05) is 30.3 Å². The van der Waals surface area contributed by atoms with Crippen LogP contribution >= 0.6 is 11.8 Å². The number of nitrogens with zero attached hydrogens (tertiary/aromatic N) is 5. The van der Waals surface area contributed by atoms with Gasteiger partial charge in [0.05, 0.1) is 11.3 Å². The smallest absolute Gasteiger partial charge is 0.236 e. The molecule has 0 unspecified atom stereocenters. The minimum absolute atomic E-state index is 0.123. The summed E-state index contributed by atoms with van der Waals surface area (Å²) in [5, 5.41) is 22.8. The Labute approximate surface area is 197 Å². The summed E-state index contributed by atoms with van der Waals surface area (Å²) in [6.45, 7) is 0. The summed E-state index contributed by atoms with van der Waals surface area (Å²) in [5.41, 5.74) is 3.80. The van der Waals surface area contributed by atoms with Crippen molar-refractivity contribution in [3.8, 4) is 11.8 Å². The van der Waals surface area contributed by atoms with Crippen LogP contribution in [-0.2, 0) is 17.6 Å². The second kappa shape index (κ2) is 8.38. The summed E-state index contributed by atoms with van der Waals surface area (Å²) in [4.78, 5) is 13.1. The van der Waals surface area contributed by atoms with Crippen LogP contribution in [0.4, 0.5) is 5.82 Å². The number of carbonyl (C=O) groups is 1. The summed E-state index contributed by atoms with van der Waals surface area (Å²) in [7, 11) is 0. The molecule has 7 nitrogen and oxygen atoms in total. The first-order valence-electron chi connectivity index (χ1n) is 11.8. The van der Waals surface area contributed by atoms with Gasteiger partial charge in [-0.3, -0.25) is 9.36 Å². The van der Waals surface area contributed by atoms with Crippen LogP contribution in [0.15, 0.2) is 35.5 Å². The van der Waals surface area contributed by atoms with Gasteiger partial charge in [0.15, 0.2) is 5.16 Å². The van der Waals surface area contributed by atoms with E-state index in [1.165, 1.54) is 37.4 Å². The van der Waals surface area contributed by atoms with Gasteiger partial charge in [-0.1, -0.05) is 30.0 Å². The van der Waals surface area contributed by atoms with Crippen LogP contribution in [0.25, 0.3) is 5.69 Å². The van der Waals surface area contributed by atoms with Gasteiger partial charge in [0.25, 0.3) is 0 Å². The van der Waals surface area contributed by atoms with E-state index in [2.05, 4.69) is 30.7 Å². The number of hydrogen-bond acceptors (Lipinski definition) is 5. The molecule has 2 saturated carbocycles. The zero-order valence-electron chi connectivity index (χ0n) is 18.5. The van der Waals surface area contributed by atoms with E-state index in [1.54, 1.807) is 0 Å². The number of nitrogens with one attached hydrogen (secondary N) is 1. The van der Waals surface area contributed by atoms with E-state index in [0.717, 1.165) is 53.6 Å². The Morgan fingerprint density at radius 1 is 1.12 bits per heavy atom. The number of benzene rings is 1. The van der Waals surface area contributed by atoms with Crippen molar-refractivity contribution in [2.45, 2.75) is 68.5 Å². The first-order chi connectivity index (χ1) is 16.2. The molecule has 6 rings (SSSR count). The van der Waals surface area contributed by atoms with Crippen molar-refractivity contribution in [3.05, 3.63) is 53.0 Å². The summed E-state index contributed by atoms with van der Waals surface area (Å²) < 4.78 is 4.34. The minimum Gasteiger partial charge on any atom is -0.310 e. The van der Waals surface area contributed by atoms with Crippen LogP contribution in [-0.4, -0.2) is 31.0 Å². The van der Waals surface area contributed by atoms with E-state index < -0.39 is 0 Å². The number of nitriles is 1. The highest BCUT2D eigenvalue weighted by atomic mass is 32.2. The van der Waals surface area contributed by atoms with Gasteiger partial charge in [-0.05, 0) is 69.1 Å². The van der Waals surface area contributed by atoms with E-state index in [-0.39, 0.29) is 11.7 Å². The summed E-state index contributed by atoms with van der Waals surface area (Å²) in [6, 6.07) is 12.9. The number of rotatable bonds is 7. The largest absolute Gasteiger partial charge is 0.310 e.